The molecule has 8 nitrogen and oxygen atoms in total. The molecule has 1 N–H and O–H groups in total. The van der Waals surface area contributed by atoms with Crippen LogP contribution in [0.15, 0.2) is 17.2 Å². The van der Waals surface area contributed by atoms with Crippen molar-refractivity contribution in [2.75, 3.05) is 26.2 Å². The Bertz CT molecular complexity index is 947. The Morgan fingerprint density at radius 1 is 1.06 bits per heavy atom. The Kier molecular flexibility index (Phi) is 8.81. The molecular formula is C27H44N4O4. The predicted molar refractivity (Wildman–Crippen MR) is 138 cm³/mol. The quantitative estimate of drug-likeness (QED) is 0.665. The summed E-state index contributed by atoms with van der Waals surface area (Å²) in [7, 11) is 0. The van der Waals surface area contributed by atoms with E-state index in [-0.39, 0.29) is 29.2 Å². The van der Waals surface area contributed by atoms with E-state index in [1.807, 2.05) is 25.3 Å². The van der Waals surface area contributed by atoms with Crippen LogP contribution < -0.4 is 10.7 Å². The number of ether oxygens (including phenoxy) is 1. The standard InChI is InChI=1S/C27H44N4O4/c1-18(2)8-11-29-16-22(25(33)28-27(5,6)7)24(32)23(17-29)26(34)30-12-9-21(10-13-30)31-14-19(3)35-20(4)15-31/h16-21H,8-15H2,1-7H3,(H,28,33)/t19-,20+. The van der Waals surface area contributed by atoms with Crippen molar-refractivity contribution >= 4 is 11.8 Å². The highest BCUT2D eigenvalue weighted by Crippen LogP contribution is 2.22. The fraction of sp³-hybridized carbons (Fsp3) is 0.741. The summed E-state index contributed by atoms with van der Waals surface area (Å²) in [5.74, 6) is -0.254. The molecule has 3 heterocycles. The zero-order valence-corrected chi connectivity index (χ0v) is 22.6. The van der Waals surface area contributed by atoms with Crippen LogP contribution in [0.25, 0.3) is 0 Å². The number of hydrogen-bond acceptors (Lipinski definition) is 5. The van der Waals surface area contributed by atoms with Crippen LogP contribution >= 0.6 is 0 Å². The van der Waals surface area contributed by atoms with E-state index in [9.17, 15) is 14.4 Å². The second-order valence-corrected chi connectivity index (χ2v) is 11.8. The van der Waals surface area contributed by atoms with Crippen LogP contribution in [0.2, 0.25) is 0 Å². The maximum absolute atomic E-state index is 13.5. The third-order valence-corrected chi connectivity index (χ3v) is 6.72. The molecule has 35 heavy (non-hydrogen) atoms. The van der Waals surface area contributed by atoms with Crippen LogP contribution in [0.5, 0.6) is 0 Å². The zero-order valence-electron chi connectivity index (χ0n) is 22.6. The number of carbonyl (C=O) groups is 2. The van der Waals surface area contributed by atoms with Crippen LogP contribution in [-0.2, 0) is 11.3 Å². The molecule has 2 saturated heterocycles. The average Bonchev–Trinajstić information content (AvgIpc) is 2.76. The van der Waals surface area contributed by atoms with Crippen molar-refractivity contribution in [3.63, 3.8) is 0 Å². The number of hydrogen-bond donors (Lipinski definition) is 1. The van der Waals surface area contributed by atoms with Gasteiger partial charge in [0.05, 0.1) is 12.2 Å². The lowest BCUT2D eigenvalue weighted by molar-refractivity contribution is -0.0856. The molecule has 1 aromatic heterocycles. The van der Waals surface area contributed by atoms with E-state index in [0.717, 1.165) is 32.4 Å². The lowest BCUT2D eigenvalue weighted by atomic mass is 10.00. The molecule has 8 heteroatoms. The van der Waals surface area contributed by atoms with Gasteiger partial charge in [-0.15, -0.1) is 0 Å². The summed E-state index contributed by atoms with van der Waals surface area (Å²) in [6.07, 6.45) is 6.29. The van der Waals surface area contributed by atoms with Crippen molar-refractivity contribution in [2.45, 2.75) is 98.1 Å². The Labute approximate surface area is 210 Å². The number of pyridine rings is 1. The molecule has 2 aliphatic heterocycles. The van der Waals surface area contributed by atoms with Gasteiger partial charge in [-0.05, 0) is 59.8 Å². The van der Waals surface area contributed by atoms with Crippen LogP contribution in [0, 0.1) is 5.92 Å². The Morgan fingerprint density at radius 2 is 1.63 bits per heavy atom. The summed E-state index contributed by atoms with van der Waals surface area (Å²) < 4.78 is 7.70. The molecule has 0 spiro atoms. The summed E-state index contributed by atoms with van der Waals surface area (Å²) in [5.41, 5.74) is -0.860. The number of piperidine rings is 1. The molecule has 0 aliphatic carbocycles. The Hall–Kier alpha value is -2.19. The smallest absolute Gasteiger partial charge is 0.259 e. The Balaban J connectivity index is 1.79. The van der Waals surface area contributed by atoms with Gasteiger partial charge in [0.1, 0.15) is 11.1 Å². The van der Waals surface area contributed by atoms with Gasteiger partial charge in [-0.1, -0.05) is 13.8 Å². The van der Waals surface area contributed by atoms with Gasteiger partial charge in [-0.2, -0.15) is 0 Å². The highest BCUT2D eigenvalue weighted by Gasteiger charge is 2.33. The van der Waals surface area contributed by atoms with Crippen molar-refractivity contribution in [1.82, 2.24) is 19.7 Å². The molecule has 196 valence electrons. The van der Waals surface area contributed by atoms with Crippen molar-refractivity contribution in [2.24, 2.45) is 5.92 Å². The number of morpholine rings is 1. The first-order chi connectivity index (χ1) is 16.3. The molecule has 3 rings (SSSR count). The summed E-state index contributed by atoms with van der Waals surface area (Å²) in [6.45, 7) is 17.8. The molecule has 0 radical (unpaired) electrons. The second kappa shape index (κ2) is 11.2. The lowest BCUT2D eigenvalue weighted by Gasteiger charge is -2.43. The second-order valence-electron chi connectivity index (χ2n) is 11.8. The number of nitrogens with zero attached hydrogens (tertiary/aromatic N) is 3. The zero-order chi connectivity index (χ0) is 25.9. The van der Waals surface area contributed by atoms with E-state index in [2.05, 4.69) is 37.9 Å². The summed E-state index contributed by atoms with van der Waals surface area (Å²) in [4.78, 5) is 44.0. The Morgan fingerprint density at radius 3 is 2.17 bits per heavy atom. The minimum atomic E-state index is -0.490. The first-order valence-electron chi connectivity index (χ1n) is 13.1. The minimum absolute atomic E-state index is 0.0284. The fourth-order valence-electron chi connectivity index (χ4n) is 5.01. The van der Waals surface area contributed by atoms with Crippen molar-refractivity contribution < 1.29 is 14.3 Å². The van der Waals surface area contributed by atoms with Gasteiger partial charge in [0.15, 0.2) is 0 Å². The molecule has 2 aliphatic rings. The molecule has 0 saturated carbocycles. The van der Waals surface area contributed by atoms with Gasteiger partial charge in [0.2, 0.25) is 5.43 Å². The van der Waals surface area contributed by atoms with E-state index in [1.165, 1.54) is 0 Å². The van der Waals surface area contributed by atoms with Crippen LogP contribution in [0.1, 0.15) is 88.4 Å². The van der Waals surface area contributed by atoms with Gasteiger partial charge in [0.25, 0.3) is 11.8 Å². The van der Waals surface area contributed by atoms with Crippen LogP contribution in [-0.4, -0.2) is 76.1 Å². The third kappa shape index (κ3) is 7.40. The molecule has 2 atom stereocenters. The van der Waals surface area contributed by atoms with E-state index in [4.69, 9.17) is 4.74 Å². The monoisotopic (exact) mass is 488 g/mol. The van der Waals surface area contributed by atoms with Crippen LogP contribution in [0.3, 0.4) is 0 Å². The average molecular weight is 489 g/mol. The number of aromatic nitrogens is 1. The maximum Gasteiger partial charge on any atom is 0.259 e. The van der Waals surface area contributed by atoms with E-state index >= 15 is 0 Å². The maximum atomic E-state index is 13.5. The largest absolute Gasteiger partial charge is 0.373 e. The van der Waals surface area contributed by atoms with Gasteiger partial charge < -0.3 is 19.5 Å². The van der Waals surface area contributed by atoms with Crippen molar-refractivity contribution in [3.8, 4) is 0 Å². The normalized spacial score (nSPS) is 22.5. The number of likely N-dealkylation sites (tertiary alicyclic amines) is 1. The first kappa shape index (κ1) is 27.4. The minimum Gasteiger partial charge on any atom is -0.373 e. The van der Waals surface area contributed by atoms with Gasteiger partial charge >= 0.3 is 0 Å². The van der Waals surface area contributed by atoms with Crippen molar-refractivity contribution in [1.29, 1.82) is 0 Å². The molecule has 0 aromatic carbocycles. The van der Waals surface area contributed by atoms with E-state index < -0.39 is 16.9 Å². The molecule has 0 bridgehead atoms. The van der Waals surface area contributed by atoms with Crippen molar-refractivity contribution in [3.05, 3.63) is 33.7 Å². The number of amides is 2. The molecule has 0 unspecified atom stereocenters. The summed E-state index contributed by atoms with van der Waals surface area (Å²) in [5, 5.41) is 2.87. The number of nitrogens with one attached hydrogen (secondary N) is 1. The molecule has 2 fully saturated rings. The topological polar surface area (TPSA) is 83.9 Å². The number of rotatable bonds is 6. The van der Waals surface area contributed by atoms with Crippen LogP contribution in [0.4, 0.5) is 0 Å². The van der Waals surface area contributed by atoms with E-state index in [1.54, 1.807) is 17.3 Å². The number of carbonyl (C=O) groups excluding carboxylic acids is 2. The van der Waals surface area contributed by atoms with Gasteiger partial charge in [-0.3, -0.25) is 19.3 Å². The number of aryl methyl sites for hydroxylation is 1. The van der Waals surface area contributed by atoms with E-state index in [0.29, 0.717) is 31.6 Å². The fourth-order valence-corrected chi connectivity index (χ4v) is 5.01. The highest BCUT2D eigenvalue weighted by molar-refractivity contribution is 5.99. The summed E-state index contributed by atoms with van der Waals surface area (Å²) >= 11 is 0. The molecule has 1 aromatic rings. The SMILES string of the molecule is CC(C)CCn1cc(C(=O)NC(C)(C)C)c(=O)c(C(=O)N2CCC(N3C[C@@H](C)O[C@@H](C)C3)CC2)c1. The predicted octanol–water partition coefficient (Wildman–Crippen LogP) is 3.14. The summed E-state index contributed by atoms with van der Waals surface area (Å²) in [6, 6.07) is 0.416. The lowest BCUT2D eigenvalue weighted by Crippen LogP contribution is -2.54. The molecular weight excluding hydrogens is 444 g/mol. The van der Waals surface area contributed by atoms with Gasteiger partial charge in [0, 0.05) is 56.7 Å². The third-order valence-electron chi connectivity index (χ3n) is 6.72. The highest BCUT2D eigenvalue weighted by atomic mass is 16.5. The molecule has 2 amide bonds. The van der Waals surface area contributed by atoms with Gasteiger partial charge in [-0.25, -0.2) is 0 Å². The first-order valence-corrected chi connectivity index (χ1v) is 13.1.